The van der Waals surface area contributed by atoms with E-state index < -0.39 is 6.17 Å². The first-order valence-corrected chi connectivity index (χ1v) is 12.9. The summed E-state index contributed by atoms with van der Waals surface area (Å²) in [6, 6.07) is 7.11. The maximum atomic E-state index is 15.6. The number of hydrogen-bond donors (Lipinski definition) is 2. The number of hydrogen-bond acceptors (Lipinski definition) is 9. The van der Waals surface area contributed by atoms with Crippen LogP contribution in [0.1, 0.15) is 50.5 Å². The second kappa shape index (κ2) is 8.50. The van der Waals surface area contributed by atoms with Crippen molar-refractivity contribution in [2.45, 2.75) is 75.3 Å². The third-order valence-corrected chi connectivity index (χ3v) is 8.38. The van der Waals surface area contributed by atoms with Crippen LogP contribution in [0, 0.1) is 11.3 Å². The molecule has 0 unspecified atom stereocenters. The topological polar surface area (TPSA) is 111 Å². The van der Waals surface area contributed by atoms with Crippen molar-refractivity contribution in [2.75, 3.05) is 4.90 Å². The van der Waals surface area contributed by atoms with Gasteiger partial charge >= 0.3 is 0 Å². The van der Waals surface area contributed by atoms with Gasteiger partial charge < -0.3 is 15.3 Å². The molecule has 6 rings (SSSR count). The van der Waals surface area contributed by atoms with E-state index >= 15 is 4.39 Å². The lowest BCUT2D eigenvalue weighted by Crippen LogP contribution is -2.67. The second-order valence-corrected chi connectivity index (χ2v) is 11.1. The van der Waals surface area contributed by atoms with Crippen LogP contribution in [0.5, 0.6) is 5.75 Å². The summed E-state index contributed by atoms with van der Waals surface area (Å²) in [5.41, 5.74) is 1.17. The number of nitriles is 1. The number of piperidine rings is 2. The molecule has 1 saturated carbocycles. The number of nitrogens with one attached hydrogen (secondary N) is 1. The van der Waals surface area contributed by atoms with Crippen LogP contribution in [0.2, 0.25) is 0 Å². The fourth-order valence-corrected chi connectivity index (χ4v) is 6.33. The molecule has 10 heteroatoms. The quantitative estimate of drug-likeness (QED) is 0.546. The zero-order chi connectivity index (χ0) is 24.2. The van der Waals surface area contributed by atoms with Crippen molar-refractivity contribution in [1.82, 2.24) is 25.5 Å². The molecule has 4 atom stereocenters. The SMILES string of the molecule is C[C@]12CCC[C@@H](N1)[C@H](F)[C@H](N(c1cnc(-c3ccc(-c4cnc(C#N)s4)cc3O)nn1)C1CC1)C2. The molecule has 3 fully saturated rings. The minimum Gasteiger partial charge on any atom is -0.507 e. The van der Waals surface area contributed by atoms with Crippen LogP contribution in [0.3, 0.4) is 0 Å². The smallest absolute Gasteiger partial charge is 0.194 e. The first-order valence-electron chi connectivity index (χ1n) is 12.0. The molecule has 2 bridgehead atoms. The van der Waals surface area contributed by atoms with Crippen LogP contribution in [0.25, 0.3) is 21.8 Å². The number of fused-ring (bicyclic) bond motifs is 2. The highest BCUT2D eigenvalue weighted by Crippen LogP contribution is 2.42. The molecule has 3 aromatic rings. The number of aromatic hydroxyl groups is 1. The van der Waals surface area contributed by atoms with Crippen LogP contribution >= 0.6 is 11.3 Å². The number of alkyl halides is 1. The second-order valence-electron chi connectivity index (χ2n) is 10.1. The van der Waals surface area contributed by atoms with Crippen molar-refractivity contribution in [2.24, 2.45) is 0 Å². The molecular weight excluding hydrogens is 465 g/mol. The van der Waals surface area contributed by atoms with Crippen molar-refractivity contribution in [3.05, 3.63) is 35.6 Å². The Balaban J connectivity index is 1.26. The van der Waals surface area contributed by atoms with Crippen LogP contribution in [-0.2, 0) is 0 Å². The summed E-state index contributed by atoms with van der Waals surface area (Å²) < 4.78 is 15.6. The lowest BCUT2D eigenvalue weighted by molar-refractivity contribution is 0.0584. The molecule has 4 heterocycles. The van der Waals surface area contributed by atoms with Gasteiger partial charge in [0.05, 0.1) is 22.7 Å². The van der Waals surface area contributed by atoms with E-state index in [0.29, 0.717) is 22.2 Å². The molecule has 2 aromatic heterocycles. The Kier molecular flexibility index (Phi) is 5.42. The first-order chi connectivity index (χ1) is 16.9. The lowest BCUT2D eigenvalue weighted by Gasteiger charge is -2.52. The van der Waals surface area contributed by atoms with Crippen molar-refractivity contribution in [1.29, 1.82) is 5.26 Å². The number of rotatable bonds is 5. The highest BCUT2D eigenvalue weighted by atomic mass is 32.1. The molecule has 180 valence electrons. The molecule has 2 N–H and O–H groups in total. The Hall–Kier alpha value is -3.16. The predicted octanol–water partition coefficient (Wildman–Crippen LogP) is 4.22. The van der Waals surface area contributed by atoms with Crippen LogP contribution in [0.15, 0.2) is 30.6 Å². The van der Waals surface area contributed by atoms with Gasteiger partial charge in [-0.25, -0.2) is 14.4 Å². The van der Waals surface area contributed by atoms with E-state index in [1.165, 1.54) is 11.3 Å². The van der Waals surface area contributed by atoms with Gasteiger partial charge in [-0.05, 0) is 63.1 Å². The van der Waals surface area contributed by atoms with E-state index in [-0.39, 0.29) is 29.4 Å². The van der Waals surface area contributed by atoms with E-state index in [9.17, 15) is 5.11 Å². The Morgan fingerprint density at radius 1 is 1.23 bits per heavy atom. The molecule has 2 aliphatic heterocycles. The van der Waals surface area contributed by atoms with Gasteiger partial charge in [0.15, 0.2) is 16.6 Å². The average molecular weight is 492 g/mol. The molecule has 1 aliphatic carbocycles. The Bertz CT molecular complexity index is 1290. The van der Waals surface area contributed by atoms with Crippen LogP contribution < -0.4 is 10.2 Å². The summed E-state index contributed by atoms with van der Waals surface area (Å²) in [4.78, 5) is 11.5. The molecule has 2 saturated heterocycles. The number of anilines is 1. The normalized spacial score (nSPS) is 27.9. The molecule has 0 radical (unpaired) electrons. The Labute approximate surface area is 206 Å². The van der Waals surface area contributed by atoms with E-state index in [1.807, 2.05) is 12.1 Å². The molecule has 8 nitrogen and oxygen atoms in total. The van der Waals surface area contributed by atoms with Crippen molar-refractivity contribution >= 4 is 17.2 Å². The number of phenols is 1. The summed E-state index contributed by atoms with van der Waals surface area (Å²) in [6.45, 7) is 2.20. The lowest BCUT2D eigenvalue weighted by atomic mass is 9.74. The van der Waals surface area contributed by atoms with Crippen molar-refractivity contribution < 1.29 is 9.50 Å². The summed E-state index contributed by atoms with van der Waals surface area (Å²) in [7, 11) is 0. The molecular formula is C25H26FN7OS. The van der Waals surface area contributed by atoms with Gasteiger partial charge in [0, 0.05) is 23.8 Å². The van der Waals surface area contributed by atoms with Gasteiger partial charge in [0.1, 0.15) is 18.0 Å². The fourth-order valence-electron chi connectivity index (χ4n) is 5.62. The molecule has 0 spiro atoms. The zero-order valence-electron chi connectivity index (χ0n) is 19.4. The first kappa shape index (κ1) is 22.3. The molecule has 0 amide bonds. The minimum atomic E-state index is -0.963. The van der Waals surface area contributed by atoms with Crippen LogP contribution in [-0.4, -0.2) is 55.1 Å². The summed E-state index contributed by atoms with van der Waals surface area (Å²) >= 11 is 1.26. The average Bonchev–Trinajstić information content (AvgIpc) is 3.57. The molecule has 3 aliphatic rings. The highest BCUT2D eigenvalue weighted by Gasteiger charge is 2.50. The standard InChI is InChI=1S/C25H26FN7OS/c1-25-8-2-3-17(30-25)23(26)18(10-25)33(15-5-6-15)21-13-29-24(32-31-21)16-7-4-14(9-19(16)34)20-12-28-22(11-27)35-20/h4,7,9,12-13,15,17-18,23,30,34H,2-3,5-6,8,10H2,1H3/t17-,18-,23+,25-/m1/s1. The monoisotopic (exact) mass is 491 g/mol. The predicted molar refractivity (Wildman–Crippen MR) is 131 cm³/mol. The van der Waals surface area contributed by atoms with Gasteiger partial charge in [-0.3, -0.25) is 0 Å². The van der Waals surface area contributed by atoms with E-state index in [2.05, 4.69) is 37.3 Å². The highest BCUT2D eigenvalue weighted by molar-refractivity contribution is 7.15. The van der Waals surface area contributed by atoms with Crippen LogP contribution in [0.4, 0.5) is 10.2 Å². The molecule has 1 aromatic carbocycles. The van der Waals surface area contributed by atoms with Crippen molar-refractivity contribution in [3.8, 4) is 33.6 Å². The van der Waals surface area contributed by atoms with E-state index in [1.54, 1.807) is 24.5 Å². The van der Waals surface area contributed by atoms with E-state index in [4.69, 9.17) is 5.26 Å². The number of halogens is 1. The van der Waals surface area contributed by atoms with E-state index in [0.717, 1.165) is 49.0 Å². The largest absolute Gasteiger partial charge is 0.507 e. The Morgan fingerprint density at radius 2 is 2.09 bits per heavy atom. The number of benzene rings is 1. The third kappa shape index (κ3) is 4.13. The summed E-state index contributed by atoms with van der Waals surface area (Å²) in [5, 5.41) is 32.3. The number of phenolic OH excluding ortho intramolecular Hbond substituents is 1. The summed E-state index contributed by atoms with van der Waals surface area (Å²) in [5.74, 6) is 0.921. The summed E-state index contributed by atoms with van der Waals surface area (Å²) in [6.07, 6.45) is 8.07. The number of nitrogens with zero attached hydrogens (tertiary/aromatic N) is 6. The van der Waals surface area contributed by atoms with Gasteiger partial charge in [-0.15, -0.1) is 21.5 Å². The number of aromatic nitrogens is 4. The maximum Gasteiger partial charge on any atom is 0.194 e. The van der Waals surface area contributed by atoms with Gasteiger partial charge in [0.2, 0.25) is 0 Å². The number of thiazole rings is 1. The van der Waals surface area contributed by atoms with Gasteiger partial charge in [-0.2, -0.15) is 5.26 Å². The molecule has 35 heavy (non-hydrogen) atoms. The Morgan fingerprint density at radius 3 is 2.77 bits per heavy atom. The minimum absolute atomic E-state index is 0.0194. The third-order valence-electron chi connectivity index (χ3n) is 7.43. The zero-order valence-corrected chi connectivity index (χ0v) is 20.2. The fraction of sp³-hybridized carbons (Fsp3) is 0.480. The van der Waals surface area contributed by atoms with Gasteiger partial charge in [0.25, 0.3) is 0 Å². The maximum absolute atomic E-state index is 15.6. The van der Waals surface area contributed by atoms with Crippen molar-refractivity contribution in [3.63, 3.8) is 0 Å². The van der Waals surface area contributed by atoms with Gasteiger partial charge in [-0.1, -0.05) is 6.07 Å².